The predicted octanol–water partition coefficient (Wildman–Crippen LogP) is 1.03. The lowest BCUT2D eigenvalue weighted by atomic mass is 10.0. The van der Waals surface area contributed by atoms with Crippen molar-refractivity contribution in [3.63, 3.8) is 0 Å². The molecule has 146 valence electrons. The second-order valence-corrected chi connectivity index (χ2v) is 7.35. The highest BCUT2D eigenvalue weighted by molar-refractivity contribution is 14.1. The fourth-order valence-electron chi connectivity index (χ4n) is 2.88. The van der Waals surface area contributed by atoms with E-state index in [4.69, 9.17) is 9.84 Å². The van der Waals surface area contributed by atoms with Crippen LogP contribution in [0.5, 0.6) is 0 Å². The first-order valence-corrected chi connectivity index (χ1v) is 9.67. The molecule has 27 heavy (non-hydrogen) atoms. The first-order valence-electron chi connectivity index (χ1n) is 8.59. The van der Waals surface area contributed by atoms with Crippen molar-refractivity contribution in [2.75, 3.05) is 19.8 Å². The van der Waals surface area contributed by atoms with Gasteiger partial charge < -0.3 is 9.84 Å². The molecule has 0 spiro atoms. The van der Waals surface area contributed by atoms with Crippen molar-refractivity contribution in [3.8, 4) is 0 Å². The number of aliphatic hydroxyl groups excluding tert-OH is 1. The Balaban J connectivity index is 2.55. The quantitative estimate of drug-likeness (QED) is 0.342. The fraction of sp³-hybridized carbons (Fsp3) is 0.421. The van der Waals surface area contributed by atoms with Gasteiger partial charge in [-0.2, -0.15) is 0 Å². The molecule has 0 radical (unpaired) electrons. The van der Waals surface area contributed by atoms with E-state index in [1.165, 1.54) is 17.2 Å². The Morgan fingerprint density at radius 1 is 1.22 bits per heavy atom. The van der Waals surface area contributed by atoms with Crippen LogP contribution in [0.4, 0.5) is 0 Å². The number of ketones is 1. The third kappa shape index (κ3) is 4.74. The highest BCUT2D eigenvalue weighted by Gasteiger charge is 2.22. The molecular formula is C19H23IN2O5. The summed E-state index contributed by atoms with van der Waals surface area (Å²) >= 11 is 2.27. The van der Waals surface area contributed by atoms with Crippen molar-refractivity contribution in [2.24, 2.45) is 14.1 Å². The number of ether oxygens (including phenoxy) is 1. The lowest BCUT2D eigenvalue weighted by Crippen LogP contribution is -2.43. The molecule has 1 aromatic heterocycles. The van der Waals surface area contributed by atoms with Crippen LogP contribution in [-0.2, 0) is 31.7 Å². The van der Waals surface area contributed by atoms with Gasteiger partial charge in [0, 0.05) is 29.8 Å². The molecule has 1 N–H and O–H groups in total. The van der Waals surface area contributed by atoms with Gasteiger partial charge in [-0.25, -0.2) is 4.79 Å². The minimum absolute atomic E-state index is 0.00410. The standard InChI is InChI=1S/C19H23IN2O5/c1-4-13-9-12(5-6-14(13)20)10-15-17(16(24)11-27-8-7-23)18(25)22(3)19(26)21(15)2/h5-6,9,23H,4,7-8,10-11H2,1-3H3. The summed E-state index contributed by atoms with van der Waals surface area (Å²) in [7, 11) is 2.90. The predicted molar refractivity (Wildman–Crippen MR) is 111 cm³/mol. The average Bonchev–Trinajstić information content (AvgIpc) is 2.66. The number of Topliss-reactive ketones (excluding diaryl/α,β-unsaturated/α-hetero) is 1. The zero-order chi connectivity index (χ0) is 20.1. The Bertz CT molecular complexity index is 962. The maximum atomic E-state index is 12.6. The summed E-state index contributed by atoms with van der Waals surface area (Å²) in [5.74, 6) is -0.504. The molecule has 8 heteroatoms. The van der Waals surface area contributed by atoms with Gasteiger partial charge in [0.25, 0.3) is 5.56 Å². The van der Waals surface area contributed by atoms with Crippen LogP contribution in [0.1, 0.15) is 34.1 Å². The van der Waals surface area contributed by atoms with Gasteiger partial charge in [-0.1, -0.05) is 19.1 Å². The molecule has 0 bridgehead atoms. The van der Waals surface area contributed by atoms with Gasteiger partial charge in [-0.05, 0) is 46.2 Å². The molecule has 0 saturated heterocycles. The summed E-state index contributed by atoms with van der Waals surface area (Å²) in [5.41, 5.74) is 1.29. The van der Waals surface area contributed by atoms with Gasteiger partial charge in [0.1, 0.15) is 12.2 Å². The highest BCUT2D eigenvalue weighted by Crippen LogP contribution is 2.18. The van der Waals surface area contributed by atoms with E-state index in [-0.39, 0.29) is 31.8 Å². The lowest BCUT2D eigenvalue weighted by Gasteiger charge is -2.15. The molecule has 7 nitrogen and oxygen atoms in total. The second-order valence-electron chi connectivity index (χ2n) is 6.18. The van der Waals surface area contributed by atoms with E-state index in [0.29, 0.717) is 5.69 Å². The molecule has 0 amide bonds. The number of aryl methyl sites for hydroxylation is 1. The SMILES string of the molecule is CCc1cc(Cc2c(C(=O)COCCO)c(=O)n(C)c(=O)n2C)ccc1I. The summed E-state index contributed by atoms with van der Waals surface area (Å²) in [6.07, 6.45) is 1.15. The smallest absolute Gasteiger partial charge is 0.330 e. The molecule has 1 aromatic carbocycles. The van der Waals surface area contributed by atoms with E-state index in [0.717, 1.165) is 20.1 Å². The summed E-state index contributed by atoms with van der Waals surface area (Å²) in [6.45, 7) is 1.52. The Hall–Kier alpha value is -1.78. The van der Waals surface area contributed by atoms with Gasteiger partial charge in [0.15, 0.2) is 5.78 Å². The lowest BCUT2D eigenvalue weighted by molar-refractivity contribution is 0.0660. The van der Waals surface area contributed by atoms with Crippen LogP contribution in [0.25, 0.3) is 0 Å². The van der Waals surface area contributed by atoms with Crippen LogP contribution in [0, 0.1) is 3.57 Å². The first-order chi connectivity index (χ1) is 12.8. The average molecular weight is 486 g/mol. The molecule has 2 rings (SSSR count). The number of carbonyl (C=O) groups excluding carboxylic acids is 1. The Morgan fingerprint density at radius 3 is 2.56 bits per heavy atom. The molecule has 1 heterocycles. The van der Waals surface area contributed by atoms with Crippen molar-refractivity contribution in [2.45, 2.75) is 19.8 Å². The Labute approximate surface area is 170 Å². The molecule has 2 aromatic rings. The molecule has 0 saturated carbocycles. The largest absolute Gasteiger partial charge is 0.394 e. The summed E-state index contributed by atoms with van der Waals surface area (Å²) < 4.78 is 8.49. The maximum absolute atomic E-state index is 12.6. The highest BCUT2D eigenvalue weighted by atomic mass is 127. The molecule has 0 unspecified atom stereocenters. The number of rotatable bonds is 8. The third-order valence-corrected chi connectivity index (χ3v) is 5.45. The number of carbonyl (C=O) groups is 1. The van der Waals surface area contributed by atoms with E-state index in [9.17, 15) is 14.4 Å². The number of nitrogens with zero attached hydrogens (tertiary/aromatic N) is 2. The van der Waals surface area contributed by atoms with Crippen LogP contribution in [0.3, 0.4) is 0 Å². The van der Waals surface area contributed by atoms with Gasteiger partial charge in [0.2, 0.25) is 0 Å². The Morgan fingerprint density at radius 2 is 1.93 bits per heavy atom. The van der Waals surface area contributed by atoms with Gasteiger partial charge >= 0.3 is 5.69 Å². The molecule has 0 aliphatic carbocycles. The van der Waals surface area contributed by atoms with Crippen molar-refractivity contribution in [1.82, 2.24) is 9.13 Å². The first kappa shape index (κ1) is 21.5. The van der Waals surface area contributed by atoms with E-state index in [2.05, 4.69) is 29.5 Å². The van der Waals surface area contributed by atoms with Crippen molar-refractivity contribution in [1.29, 1.82) is 0 Å². The molecule has 0 aliphatic heterocycles. The van der Waals surface area contributed by atoms with Gasteiger partial charge in [-0.3, -0.25) is 18.7 Å². The maximum Gasteiger partial charge on any atom is 0.330 e. The molecule has 0 atom stereocenters. The normalized spacial score (nSPS) is 11.0. The molecule has 0 aliphatic rings. The molecule has 0 fully saturated rings. The Kier molecular flexibility index (Phi) is 7.51. The molecular weight excluding hydrogens is 463 g/mol. The summed E-state index contributed by atoms with van der Waals surface area (Å²) in [4.78, 5) is 37.6. The van der Waals surface area contributed by atoms with Crippen LogP contribution >= 0.6 is 22.6 Å². The van der Waals surface area contributed by atoms with Crippen LogP contribution in [-0.4, -0.2) is 39.8 Å². The van der Waals surface area contributed by atoms with E-state index in [1.807, 2.05) is 18.2 Å². The zero-order valence-electron chi connectivity index (χ0n) is 15.6. The van der Waals surface area contributed by atoms with E-state index < -0.39 is 17.0 Å². The minimum atomic E-state index is -0.632. The van der Waals surface area contributed by atoms with E-state index >= 15 is 0 Å². The van der Waals surface area contributed by atoms with Crippen molar-refractivity contribution in [3.05, 3.63) is 65.0 Å². The van der Waals surface area contributed by atoms with Crippen LogP contribution < -0.4 is 11.2 Å². The summed E-state index contributed by atoms with van der Waals surface area (Å²) in [6, 6.07) is 5.94. The van der Waals surface area contributed by atoms with Gasteiger partial charge in [0.05, 0.1) is 13.2 Å². The van der Waals surface area contributed by atoms with Crippen molar-refractivity contribution < 1.29 is 14.6 Å². The van der Waals surface area contributed by atoms with Gasteiger partial charge in [-0.15, -0.1) is 0 Å². The van der Waals surface area contributed by atoms with Crippen molar-refractivity contribution >= 4 is 28.4 Å². The van der Waals surface area contributed by atoms with Crippen LogP contribution in [0.2, 0.25) is 0 Å². The number of aliphatic hydroxyl groups is 1. The van der Waals surface area contributed by atoms with Crippen LogP contribution in [0.15, 0.2) is 27.8 Å². The topological polar surface area (TPSA) is 90.5 Å². The number of benzene rings is 1. The monoisotopic (exact) mass is 486 g/mol. The number of hydrogen-bond acceptors (Lipinski definition) is 5. The zero-order valence-corrected chi connectivity index (χ0v) is 17.8. The fourth-order valence-corrected chi connectivity index (χ4v) is 3.59. The number of hydrogen-bond donors (Lipinski definition) is 1. The number of aromatic nitrogens is 2. The summed E-state index contributed by atoms with van der Waals surface area (Å²) in [5, 5.41) is 8.80. The van der Waals surface area contributed by atoms with E-state index in [1.54, 1.807) is 7.05 Å². The second kappa shape index (κ2) is 9.43. The minimum Gasteiger partial charge on any atom is -0.394 e. The third-order valence-electron chi connectivity index (χ3n) is 4.40. The number of halogens is 1.